The van der Waals surface area contributed by atoms with Gasteiger partial charge in [0.05, 0.1) is 5.41 Å². The van der Waals surface area contributed by atoms with Gasteiger partial charge in [-0.1, -0.05) is 33.1 Å². The fourth-order valence-electron chi connectivity index (χ4n) is 3.39. The normalized spacial score (nSPS) is 30.1. The molecule has 2 amide bonds. The van der Waals surface area contributed by atoms with E-state index >= 15 is 0 Å². The van der Waals surface area contributed by atoms with Crippen LogP contribution in [0, 0.1) is 11.3 Å². The van der Waals surface area contributed by atoms with Gasteiger partial charge in [0, 0.05) is 6.42 Å². The zero-order valence-corrected chi connectivity index (χ0v) is 12.4. The number of hydrogen-bond donors (Lipinski definition) is 1. The topological polar surface area (TPSA) is 74.7 Å². The van der Waals surface area contributed by atoms with Gasteiger partial charge in [-0.15, -0.1) is 0 Å². The van der Waals surface area contributed by atoms with Crippen LogP contribution in [0.1, 0.15) is 59.3 Å². The Labute approximate surface area is 119 Å². The Bertz CT molecular complexity index is 451. The molecule has 1 saturated heterocycles. The molecule has 0 bridgehead atoms. The lowest BCUT2D eigenvalue weighted by Gasteiger charge is -2.40. The summed E-state index contributed by atoms with van der Waals surface area (Å²) in [4.78, 5) is 38.0. The van der Waals surface area contributed by atoms with E-state index < -0.39 is 16.9 Å². The second-order valence-electron chi connectivity index (χ2n) is 6.68. The van der Waals surface area contributed by atoms with E-state index in [-0.39, 0.29) is 24.2 Å². The molecule has 20 heavy (non-hydrogen) atoms. The number of rotatable bonds is 3. The molecule has 0 radical (unpaired) electrons. The summed E-state index contributed by atoms with van der Waals surface area (Å²) in [5.41, 5.74) is -2.07. The molecule has 5 heteroatoms. The zero-order valence-electron chi connectivity index (χ0n) is 12.4. The maximum Gasteiger partial charge on any atom is 0.330 e. The van der Waals surface area contributed by atoms with Gasteiger partial charge < -0.3 is 5.11 Å². The van der Waals surface area contributed by atoms with Gasteiger partial charge in [0.2, 0.25) is 11.8 Å². The van der Waals surface area contributed by atoms with Crippen molar-refractivity contribution in [2.45, 2.75) is 64.8 Å². The lowest BCUT2D eigenvalue weighted by Crippen LogP contribution is -2.59. The highest BCUT2D eigenvalue weighted by Crippen LogP contribution is 2.45. The minimum Gasteiger partial charge on any atom is -0.479 e. The summed E-state index contributed by atoms with van der Waals surface area (Å²) in [6.45, 7) is 5.59. The molecule has 1 heterocycles. The third-order valence-electron chi connectivity index (χ3n) is 5.24. The zero-order chi connectivity index (χ0) is 15.1. The molecule has 2 aliphatic rings. The van der Waals surface area contributed by atoms with E-state index in [0.29, 0.717) is 12.8 Å². The summed E-state index contributed by atoms with van der Waals surface area (Å²) in [6.07, 6.45) is 3.36. The number of likely N-dealkylation sites (tertiary alicyclic amines) is 1. The van der Waals surface area contributed by atoms with Crippen LogP contribution in [0.4, 0.5) is 0 Å². The Morgan fingerprint density at radius 2 is 1.75 bits per heavy atom. The van der Waals surface area contributed by atoms with Crippen molar-refractivity contribution in [2.24, 2.45) is 11.3 Å². The molecule has 112 valence electrons. The van der Waals surface area contributed by atoms with Crippen LogP contribution in [0.15, 0.2) is 0 Å². The number of aliphatic carboxylic acids is 1. The first kappa shape index (κ1) is 15.0. The van der Waals surface area contributed by atoms with Crippen LogP contribution in [0.25, 0.3) is 0 Å². The second-order valence-corrected chi connectivity index (χ2v) is 6.68. The van der Waals surface area contributed by atoms with Crippen molar-refractivity contribution in [1.29, 1.82) is 0 Å². The van der Waals surface area contributed by atoms with E-state index in [1.165, 1.54) is 0 Å². The van der Waals surface area contributed by atoms with Crippen molar-refractivity contribution in [3.05, 3.63) is 0 Å². The largest absolute Gasteiger partial charge is 0.479 e. The first-order chi connectivity index (χ1) is 9.25. The van der Waals surface area contributed by atoms with Crippen molar-refractivity contribution >= 4 is 17.8 Å². The fourth-order valence-corrected chi connectivity index (χ4v) is 3.39. The standard InChI is InChI=1S/C15H23NO4/c1-10(2)14(3)9-11(17)16(12(14)18)15(13(19)20)7-5-4-6-8-15/h10H,4-9H2,1-3H3,(H,19,20). The van der Waals surface area contributed by atoms with Gasteiger partial charge >= 0.3 is 5.97 Å². The van der Waals surface area contributed by atoms with E-state index in [9.17, 15) is 19.5 Å². The van der Waals surface area contributed by atoms with Crippen LogP contribution in [0.5, 0.6) is 0 Å². The number of imide groups is 1. The Kier molecular flexibility index (Phi) is 3.65. The van der Waals surface area contributed by atoms with Gasteiger partial charge in [0.1, 0.15) is 5.54 Å². The number of hydrogen-bond acceptors (Lipinski definition) is 3. The first-order valence-electron chi connectivity index (χ1n) is 7.36. The number of carbonyl (C=O) groups excluding carboxylic acids is 2. The molecular formula is C15H23NO4. The molecule has 1 saturated carbocycles. The van der Waals surface area contributed by atoms with Crippen LogP contribution >= 0.6 is 0 Å². The van der Waals surface area contributed by atoms with Gasteiger partial charge in [-0.2, -0.15) is 0 Å². The molecule has 1 aliphatic carbocycles. The highest BCUT2D eigenvalue weighted by Gasteiger charge is 2.59. The number of carboxylic acids is 1. The van der Waals surface area contributed by atoms with Crippen molar-refractivity contribution < 1.29 is 19.5 Å². The number of carbonyl (C=O) groups is 3. The summed E-state index contributed by atoms with van der Waals surface area (Å²) in [7, 11) is 0. The highest BCUT2D eigenvalue weighted by molar-refractivity contribution is 6.09. The number of carboxylic acid groups (broad SMARTS) is 1. The van der Waals surface area contributed by atoms with E-state index in [4.69, 9.17) is 0 Å². The van der Waals surface area contributed by atoms with E-state index in [0.717, 1.165) is 24.2 Å². The summed E-state index contributed by atoms with van der Waals surface area (Å²) < 4.78 is 0. The van der Waals surface area contributed by atoms with Gasteiger partial charge in [0.25, 0.3) is 0 Å². The third-order valence-corrected chi connectivity index (χ3v) is 5.24. The van der Waals surface area contributed by atoms with E-state index in [1.54, 1.807) is 6.92 Å². The van der Waals surface area contributed by atoms with Gasteiger partial charge in [-0.05, 0) is 25.7 Å². The van der Waals surface area contributed by atoms with Crippen molar-refractivity contribution in [1.82, 2.24) is 4.90 Å². The fraction of sp³-hybridized carbons (Fsp3) is 0.800. The summed E-state index contributed by atoms with van der Waals surface area (Å²) in [5.74, 6) is -1.65. The lowest BCUT2D eigenvalue weighted by atomic mass is 9.76. The minimum absolute atomic E-state index is 0.0124. The Balaban J connectivity index is 2.42. The Morgan fingerprint density at radius 1 is 1.20 bits per heavy atom. The van der Waals surface area contributed by atoms with Crippen LogP contribution in [0.2, 0.25) is 0 Å². The van der Waals surface area contributed by atoms with Gasteiger partial charge in [-0.3, -0.25) is 14.5 Å². The SMILES string of the molecule is CC(C)C1(C)CC(=O)N(C2(C(=O)O)CCCCC2)C1=O. The number of amides is 2. The van der Waals surface area contributed by atoms with Crippen molar-refractivity contribution in [2.75, 3.05) is 0 Å². The minimum atomic E-state index is -1.31. The summed E-state index contributed by atoms with van der Waals surface area (Å²) >= 11 is 0. The average molecular weight is 281 g/mol. The lowest BCUT2D eigenvalue weighted by molar-refractivity contribution is -0.167. The Morgan fingerprint density at radius 3 is 2.15 bits per heavy atom. The molecule has 0 spiro atoms. The van der Waals surface area contributed by atoms with Crippen LogP contribution in [-0.2, 0) is 14.4 Å². The third kappa shape index (κ3) is 1.95. The maximum absolute atomic E-state index is 12.7. The molecule has 0 aromatic carbocycles. The number of nitrogens with zero attached hydrogens (tertiary/aromatic N) is 1. The summed E-state index contributed by atoms with van der Waals surface area (Å²) in [5, 5.41) is 9.65. The molecule has 0 aromatic rings. The maximum atomic E-state index is 12.7. The predicted molar refractivity (Wildman–Crippen MR) is 72.9 cm³/mol. The molecule has 5 nitrogen and oxygen atoms in total. The molecule has 1 unspecified atom stereocenters. The van der Waals surface area contributed by atoms with Gasteiger partial charge in [-0.25, -0.2) is 4.79 Å². The van der Waals surface area contributed by atoms with E-state index in [2.05, 4.69) is 0 Å². The van der Waals surface area contributed by atoms with Crippen LogP contribution in [0.3, 0.4) is 0 Å². The van der Waals surface area contributed by atoms with E-state index in [1.807, 2.05) is 13.8 Å². The quantitative estimate of drug-likeness (QED) is 0.805. The second kappa shape index (κ2) is 4.86. The molecule has 2 rings (SSSR count). The molecular weight excluding hydrogens is 258 g/mol. The molecule has 1 aliphatic heterocycles. The predicted octanol–water partition coefficient (Wildman–Crippen LogP) is 2.20. The van der Waals surface area contributed by atoms with Gasteiger partial charge in [0.15, 0.2) is 0 Å². The van der Waals surface area contributed by atoms with Crippen molar-refractivity contribution in [3.8, 4) is 0 Å². The smallest absolute Gasteiger partial charge is 0.330 e. The summed E-state index contributed by atoms with van der Waals surface area (Å²) in [6, 6.07) is 0. The molecule has 1 atom stereocenters. The van der Waals surface area contributed by atoms with Crippen molar-refractivity contribution in [3.63, 3.8) is 0 Å². The van der Waals surface area contributed by atoms with Crippen LogP contribution < -0.4 is 0 Å². The first-order valence-corrected chi connectivity index (χ1v) is 7.36. The Hall–Kier alpha value is -1.39. The monoisotopic (exact) mass is 281 g/mol. The molecule has 0 aromatic heterocycles. The molecule has 2 fully saturated rings. The molecule has 1 N–H and O–H groups in total. The average Bonchev–Trinajstić information content (AvgIpc) is 2.62. The van der Waals surface area contributed by atoms with Crippen LogP contribution in [-0.4, -0.2) is 33.3 Å². The highest BCUT2D eigenvalue weighted by atomic mass is 16.4.